The van der Waals surface area contributed by atoms with E-state index in [1.807, 2.05) is 36.9 Å². The monoisotopic (exact) mass is 396 g/mol. The summed E-state index contributed by atoms with van der Waals surface area (Å²) >= 11 is 0. The SMILES string of the molecule is CC(C)C[C@@H](O)C(=O)N1CCC[C@]2(CCCN2c2ncnc3ccccc23)CC1. The Morgan fingerprint density at radius 1 is 1.10 bits per heavy atom. The van der Waals surface area contributed by atoms with Crippen LogP contribution in [0.2, 0.25) is 0 Å². The van der Waals surface area contributed by atoms with E-state index < -0.39 is 6.10 Å². The molecule has 156 valence electrons. The average molecular weight is 397 g/mol. The molecule has 3 heterocycles. The van der Waals surface area contributed by atoms with Crippen LogP contribution < -0.4 is 4.90 Å². The maximum absolute atomic E-state index is 12.8. The number of aliphatic hydroxyl groups excluding tert-OH is 1. The summed E-state index contributed by atoms with van der Waals surface area (Å²) in [6.45, 7) is 6.50. The van der Waals surface area contributed by atoms with Crippen LogP contribution in [0.15, 0.2) is 30.6 Å². The van der Waals surface area contributed by atoms with Crippen molar-refractivity contribution in [2.75, 3.05) is 24.5 Å². The smallest absolute Gasteiger partial charge is 0.251 e. The number of anilines is 1. The summed E-state index contributed by atoms with van der Waals surface area (Å²) in [6, 6.07) is 8.19. The first-order valence-electron chi connectivity index (χ1n) is 10.9. The second kappa shape index (κ2) is 8.27. The minimum atomic E-state index is -0.880. The average Bonchev–Trinajstić information content (AvgIpc) is 2.99. The standard InChI is InChI=1S/C23H32N4O2/c1-17(2)15-20(28)22(29)26-12-5-9-23(11-14-26)10-6-13-27(23)21-18-7-3-4-8-19(18)24-16-25-21/h3-4,7-8,16-17,20,28H,5-6,9-15H2,1-2H3/t20-,23+/m1/s1. The van der Waals surface area contributed by atoms with Crippen molar-refractivity contribution >= 4 is 22.6 Å². The summed E-state index contributed by atoms with van der Waals surface area (Å²) in [5, 5.41) is 11.4. The van der Waals surface area contributed by atoms with Crippen LogP contribution in [0.5, 0.6) is 0 Å². The molecule has 29 heavy (non-hydrogen) atoms. The third kappa shape index (κ3) is 3.95. The summed E-state index contributed by atoms with van der Waals surface area (Å²) in [5.41, 5.74) is 1.01. The van der Waals surface area contributed by atoms with Gasteiger partial charge in [-0.1, -0.05) is 26.0 Å². The number of fused-ring (bicyclic) bond motifs is 1. The number of aromatic nitrogens is 2. The fourth-order valence-corrected chi connectivity index (χ4v) is 5.15. The molecule has 1 spiro atoms. The van der Waals surface area contributed by atoms with E-state index in [-0.39, 0.29) is 11.4 Å². The Hall–Kier alpha value is -2.21. The van der Waals surface area contributed by atoms with E-state index in [0.29, 0.717) is 18.9 Å². The van der Waals surface area contributed by atoms with Crippen molar-refractivity contribution in [2.24, 2.45) is 5.92 Å². The molecule has 2 aliphatic heterocycles. The first-order valence-corrected chi connectivity index (χ1v) is 10.9. The minimum Gasteiger partial charge on any atom is -0.383 e. The quantitative estimate of drug-likeness (QED) is 0.858. The Kier molecular flexibility index (Phi) is 5.72. The third-order valence-corrected chi connectivity index (χ3v) is 6.58. The molecule has 0 radical (unpaired) electrons. The maximum atomic E-state index is 12.8. The largest absolute Gasteiger partial charge is 0.383 e. The molecular formula is C23H32N4O2. The molecule has 1 N–H and O–H groups in total. The number of likely N-dealkylation sites (tertiary alicyclic amines) is 1. The number of benzene rings is 1. The second-order valence-electron chi connectivity index (χ2n) is 9.02. The van der Waals surface area contributed by atoms with Gasteiger partial charge in [0, 0.05) is 30.6 Å². The van der Waals surface area contributed by atoms with E-state index in [2.05, 4.69) is 20.9 Å². The lowest BCUT2D eigenvalue weighted by Crippen LogP contribution is -2.46. The molecule has 1 aromatic heterocycles. The molecule has 2 fully saturated rings. The molecule has 2 atom stereocenters. The van der Waals surface area contributed by atoms with Crippen LogP contribution in [0.1, 0.15) is 52.4 Å². The van der Waals surface area contributed by atoms with Gasteiger partial charge in [-0.15, -0.1) is 0 Å². The molecule has 0 aliphatic carbocycles. The topological polar surface area (TPSA) is 69.6 Å². The van der Waals surface area contributed by atoms with Gasteiger partial charge in [0.1, 0.15) is 18.2 Å². The van der Waals surface area contributed by atoms with E-state index >= 15 is 0 Å². The van der Waals surface area contributed by atoms with Crippen LogP contribution in [0.25, 0.3) is 10.9 Å². The van der Waals surface area contributed by atoms with Crippen molar-refractivity contribution in [3.05, 3.63) is 30.6 Å². The zero-order valence-corrected chi connectivity index (χ0v) is 17.5. The minimum absolute atomic E-state index is 0.0369. The summed E-state index contributed by atoms with van der Waals surface area (Å²) in [6.07, 6.45) is 6.51. The molecule has 6 nitrogen and oxygen atoms in total. The molecule has 2 saturated heterocycles. The van der Waals surface area contributed by atoms with Gasteiger partial charge in [0.2, 0.25) is 0 Å². The number of hydrogen-bond acceptors (Lipinski definition) is 5. The van der Waals surface area contributed by atoms with Gasteiger partial charge >= 0.3 is 0 Å². The lowest BCUT2D eigenvalue weighted by atomic mass is 9.87. The molecule has 0 unspecified atom stereocenters. The number of amides is 1. The Morgan fingerprint density at radius 2 is 1.86 bits per heavy atom. The summed E-state index contributed by atoms with van der Waals surface area (Å²) in [7, 11) is 0. The third-order valence-electron chi connectivity index (χ3n) is 6.58. The van der Waals surface area contributed by atoms with Crippen molar-refractivity contribution in [1.29, 1.82) is 0 Å². The van der Waals surface area contributed by atoms with Crippen molar-refractivity contribution in [1.82, 2.24) is 14.9 Å². The Morgan fingerprint density at radius 3 is 2.66 bits per heavy atom. The van der Waals surface area contributed by atoms with Crippen LogP contribution in [-0.4, -0.2) is 57.2 Å². The first-order chi connectivity index (χ1) is 14.0. The van der Waals surface area contributed by atoms with Crippen molar-refractivity contribution in [3.63, 3.8) is 0 Å². The summed E-state index contributed by atoms with van der Waals surface area (Å²) in [4.78, 5) is 26.2. The fraction of sp³-hybridized carbons (Fsp3) is 0.609. The number of hydrogen-bond donors (Lipinski definition) is 1. The number of nitrogens with zero attached hydrogens (tertiary/aromatic N) is 4. The lowest BCUT2D eigenvalue weighted by Gasteiger charge is -2.39. The van der Waals surface area contributed by atoms with Crippen molar-refractivity contribution in [2.45, 2.75) is 64.0 Å². The highest BCUT2D eigenvalue weighted by atomic mass is 16.3. The molecule has 2 aliphatic rings. The molecule has 1 amide bonds. The van der Waals surface area contributed by atoms with Crippen LogP contribution >= 0.6 is 0 Å². The fourth-order valence-electron chi connectivity index (χ4n) is 5.15. The Labute approximate surface area is 172 Å². The predicted octanol–water partition coefficient (Wildman–Crippen LogP) is 3.39. The molecule has 4 rings (SSSR count). The number of carbonyl (C=O) groups is 1. The van der Waals surface area contributed by atoms with E-state index in [9.17, 15) is 9.90 Å². The van der Waals surface area contributed by atoms with Gasteiger partial charge in [-0.05, 0) is 56.6 Å². The van der Waals surface area contributed by atoms with Gasteiger partial charge in [0.25, 0.3) is 5.91 Å². The Balaban J connectivity index is 1.55. The molecular weight excluding hydrogens is 364 g/mol. The lowest BCUT2D eigenvalue weighted by molar-refractivity contribution is -0.140. The van der Waals surface area contributed by atoms with Gasteiger partial charge in [0.15, 0.2) is 0 Å². The Bertz CT molecular complexity index is 866. The number of rotatable bonds is 4. The van der Waals surface area contributed by atoms with Crippen LogP contribution in [-0.2, 0) is 4.79 Å². The zero-order valence-electron chi connectivity index (χ0n) is 17.5. The number of carbonyl (C=O) groups excluding carboxylic acids is 1. The normalized spacial score (nSPS) is 23.7. The van der Waals surface area contributed by atoms with Crippen LogP contribution in [0, 0.1) is 5.92 Å². The highest BCUT2D eigenvalue weighted by Gasteiger charge is 2.43. The van der Waals surface area contributed by atoms with Gasteiger partial charge in [-0.3, -0.25) is 4.79 Å². The maximum Gasteiger partial charge on any atom is 0.251 e. The summed E-state index contributed by atoms with van der Waals surface area (Å²) in [5.74, 6) is 1.23. The molecule has 0 bridgehead atoms. The van der Waals surface area contributed by atoms with Crippen molar-refractivity contribution < 1.29 is 9.90 Å². The predicted molar refractivity (Wildman–Crippen MR) is 115 cm³/mol. The van der Waals surface area contributed by atoms with Crippen LogP contribution in [0.4, 0.5) is 5.82 Å². The van der Waals surface area contributed by atoms with Crippen LogP contribution in [0.3, 0.4) is 0 Å². The van der Waals surface area contributed by atoms with Gasteiger partial charge in [-0.25, -0.2) is 9.97 Å². The second-order valence-corrected chi connectivity index (χ2v) is 9.02. The van der Waals surface area contributed by atoms with E-state index in [4.69, 9.17) is 0 Å². The highest BCUT2D eigenvalue weighted by molar-refractivity contribution is 5.89. The summed E-state index contributed by atoms with van der Waals surface area (Å²) < 4.78 is 0. The van der Waals surface area contributed by atoms with Gasteiger partial charge in [0.05, 0.1) is 5.52 Å². The molecule has 1 aromatic carbocycles. The van der Waals surface area contributed by atoms with Crippen molar-refractivity contribution in [3.8, 4) is 0 Å². The van der Waals surface area contributed by atoms with E-state index in [1.165, 1.54) is 0 Å². The number of para-hydroxylation sites is 1. The molecule has 6 heteroatoms. The molecule has 2 aromatic rings. The number of aliphatic hydroxyl groups is 1. The van der Waals surface area contributed by atoms with E-state index in [1.54, 1.807) is 6.33 Å². The van der Waals surface area contributed by atoms with Gasteiger partial charge in [-0.2, -0.15) is 0 Å². The van der Waals surface area contributed by atoms with E-state index in [0.717, 1.165) is 61.9 Å². The highest BCUT2D eigenvalue weighted by Crippen LogP contribution is 2.42. The molecule has 0 saturated carbocycles. The van der Waals surface area contributed by atoms with Gasteiger partial charge < -0.3 is 14.9 Å². The first kappa shape index (κ1) is 20.1. The zero-order chi connectivity index (χ0) is 20.4.